The molecule has 1 aliphatic heterocycles. The van der Waals surface area contributed by atoms with Crippen LogP contribution in [0.3, 0.4) is 0 Å². The molecule has 0 radical (unpaired) electrons. The average Bonchev–Trinajstić information content (AvgIpc) is 2.52. The minimum Gasteiger partial charge on any atom is -0.378 e. The molecule has 0 saturated carbocycles. The van der Waals surface area contributed by atoms with Crippen molar-refractivity contribution in [1.82, 2.24) is 4.90 Å². The van der Waals surface area contributed by atoms with E-state index < -0.39 is 46.9 Å². The molecular weight excluding hydrogens is 303 g/mol. The predicted octanol–water partition coefficient (Wildman–Crippen LogP) is 0.643. The van der Waals surface area contributed by atoms with Crippen molar-refractivity contribution in [3.05, 3.63) is 35.1 Å². The van der Waals surface area contributed by atoms with E-state index in [-0.39, 0.29) is 32.4 Å². The highest BCUT2D eigenvalue weighted by Crippen LogP contribution is 2.15. The highest BCUT2D eigenvalue weighted by Gasteiger charge is 2.29. The highest BCUT2D eigenvalue weighted by molar-refractivity contribution is 6.63. The van der Waals surface area contributed by atoms with Crippen molar-refractivity contribution in [2.45, 2.75) is 6.42 Å². The molecule has 8 heteroatoms. The van der Waals surface area contributed by atoms with Gasteiger partial charge in [0, 0.05) is 25.6 Å². The van der Waals surface area contributed by atoms with Gasteiger partial charge >= 0.3 is 0 Å². The van der Waals surface area contributed by atoms with E-state index in [1.54, 1.807) is 0 Å². The summed E-state index contributed by atoms with van der Waals surface area (Å²) in [5.41, 5.74) is -0.480. The van der Waals surface area contributed by atoms with Gasteiger partial charge in [-0.15, -0.1) is 0 Å². The van der Waals surface area contributed by atoms with Gasteiger partial charge in [0.1, 0.15) is 5.82 Å². The second-order valence-corrected chi connectivity index (χ2v) is 4.69. The summed E-state index contributed by atoms with van der Waals surface area (Å²) >= 11 is 0. The normalized spacial score (nSPS) is 14.8. The van der Waals surface area contributed by atoms with E-state index >= 15 is 0 Å². The third-order valence-electron chi connectivity index (χ3n) is 3.19. The minimum absolute atomic E-state index is 0.178. The lowest BCUT2D eigenvalue weighted by molar-refractivity contribution is -0.151. The Kier molecular flexibility index (Phi) is 4.92. The molecule has 0 bridgehead atoms. The lowest BCUT2D eigenvalue weighted by Gasteiger charge is -2.25. The molecule has 1 heterocycles. The Bertz CT molecular complexity index is 627. The van der Waals surface area contributed by atoms with E-state index in [2.05, 4.69) is 0 Å². The number of morpholine rings is 1. The maximum atomic E-state index is 13.4. The summed E-state index contributed by atoms with van der Waals surface area (Å²) in [6.45, 7) is 0.866. The number of hydrogen-bond donors (Lipinski definition) is 0. The topological polar surface area (TPSA) is 63.7 Å². The Morgan fingerprint density at radius 3 is 2.23 bits per heavy atom. The number of carbonyl (C=O) groups excluding carboxylic acids is 3. The van der Waals surface area contributed by atoms with Crippen LogP contribution in [0.1, 0.15) is 5.56 Å². The number of nitrogens with zero attached hydrogens (tertiary/aromatic N) is 1. The summed E-state index contributed by atoms with van der Waals surface area (Å²) in [6, 6.07) is 0.779. The van der Waals surface area contributed by atoms with Gasteiger partial charge in [0.25, 0.3) is 11.7 Å². The Balaban J connectivity index is 2.06. The molecule has 118 valence electrons. The Labute approximate surface area is 123 Å². The Morgan fingerprint density at radius 1 is 1.00 bits per heavy atom. The number of Topliss-reactive ketones (excluding diaryl/α,β-unsaturated/α-hetero) is 2. The first-order valence-corrected chi connectivity index (χ1v) is 6.47. The number of ether oxygens (including phenoxy) is 1. The fourth-order valence-electron chi connectivity index (χ4n) is 1.98. The Hall–Kier alpha value is -2.22. The van der Waals surface area contributed by atoms with Gasteiger partial charge in [0.15, 0.2) is 11.6 Å². The van der Waals surface area contributed by atoms with E-state index in [4.69, 9.17) is 4.74 Å². The largest absolute Gasteiger partial charge is 0.378 e. The van der Waals surface area contributed by atoms with E-state index in [1.807, 2.05) is 0 Å². The van der Waals surface area contributed by atoms with Gasteiger partial charge in [-0.3, -0.25) is 14.4 Å². The van der Waals surface area contributed by atoms with Crippen molar-refractivity contribution >= 4 is 17.5 Å². The standard InChI is InChI=1S/C14H12F3NO4/c15-9-7-11(17)10(16)5-8(9)6-12(19)13(20)14(21)18-1-3-22-4-2-18/h5,7H,1-4,6H2. The molecule has 0 spiro atoms. The lowest BCUT2D eigenvalue weighted by atomic mass is 10.0. The zero-order chi connectivity index (χ0) is 16.3. The van der Waals surface area contributed by atoms with E-state index in [9.17, 15) is 27.6 Å². The molecule has 22 heavy (non-hydrogen) atoms. The molecule has 0 unspecified atom stereocenters. The van der Waals surface area contributed by atoms with Gasteiger partial charge in [-0.05, 0) is 11.6 Å². The summed E-state index contributed by atoms with van der Waals surface area (Å²) in [5.74, 6) is -7.39. The van der Waals surface area contributed by atoms with Gasteiger partial charge in [-0.2, -0.15) is 0 Å². The number of carbonyl (C=O) groups is 3. The quantitative estimate of drug-likeness (QED) is 0.465. The van der Waals surface area contributed by atoms with Crippen LogP contribution in [0.25, 0.3) is 0 Å². The summed E-state index contributed by atoms with van der Waals surface area (Å²) in [7, 11) is 0. The lowest BCUT2D eigenvalue weighted by Crippen LogP contribution is -2.46. The van der Waals surface area contributed by atoms with Gasteiger partial charge in [-0.1, -0.05) is 0 Å². The number of halogens is 3. The van der Waals surface area contributed by atoms with E-state index in [1.165, 1.54) is 0 Å². The van der Waals surface area contributed by atoms with Crippen molar-refractivity contribution < 1.29 is 32.3 Å². The van der Waals surface area contributed by atoms with Gasteiger partial charge in [-0.25, -0.2) is 13.2 Å². The average molecular weight is 315 g/mol. The zero-order valence-corrected chi connectivity index (χ0v) is 11.4. The second kappa shape index (κ2) is 6.69. The predicted molar refractivity (Wildman–Crippen MR) is 67.4 cm³/mol. The van der Waals surface area contributed by atoms with Gasteiger partial charge < -0.3 is 9.64 Å². The number of amides is 1. The van der Waals surface area contributed by atoms with Gasteiger partial charge in [0.05, 0.1) is 13.2 Å². The number of hydrogen-bond acceptors (Lipinski definition) is 4. The fourth-order valence-corrected chi connectivity index (χ4v) is 1.98. The molecule has 0 N–H and O–H groups in total. The Morgan fingerprint density at radius 2 is 1.59 bits per heavy atom. The fraction of sp³-hybridized carbons (Fsp3) is 0.357. The second-order valence-electron chi connectivity index (χ2n) is 4.69. The molecule has 1 amide bonds. The first-order chi connectivity index (χ1) is 10.4. The van der Waals surface area contributed by atoms with E-state index in [0.29, 0.717) is 6.07 Å². The third kappa shape index (κ3) is 3.51. The van der Waals surface area contributed by atoms with Crippen LogP contribution in [-0.2, 0) is 25.5 Å². The number of benzene rings is 1. The van der Waals surface area contributed by atoms with E-state index in [0.717, 1.165) is 4.90 Å². The minimum atomic E-state index is -1.40. The summed E-state index contributed by atoms with van der Waals surface area (Å²) in [6.07, 6.45) is -0.808. The summed E-state index contributed by atoms with van der Waals surface area (Å²) < 4.78 is 44.3. The number of rotatable bonds is 4. The van der Waals surface area contributed by atoms with Crippen LogP contribution < -0.4 is 0 Å². The third-order valence-corrected chi connectivity index (χ3v) is 3.19. The summed E-state index contributed by atoms with van der Waals surface area (Å²) in [4.78, 5) is 36.4. The van der Waals surface area contributed by atoms with Crippen molar-refractivity contribution in [1.29, 1.82) is 0 Å². The highest BCUT2D eigenvalue weighted by atomic mass is 19.2. The maximum Gasteiger partial charge on any atom is 0.298 e. The van der Waals surface area contributed by atoms with Crippen LogP contribution in [0.4, 0.5) is 13.2 Å². The van der Waals surface area contributed by atoms with Crippen molar-refractivity contribution in [2.75, 3.05) is 26.3 Å². The van der Waals surface area contributed by atoms with Crippen LogP contribution in [0.5, 0.6) is 0 Å². The first-order valence-electron chi connectivity index (χ1n) is 6.47. The van der Waals surface area contributed by atoms with Crippen LogP contribution in [0.2, 0.25) is 0 Å². The smallest absolute Gasteiger partial charge is 0.298 e. The molecule has 2 rings (SSSR count). The SMILES string of the molecule is O=C(Cc1cc(F)c(F)cc1F)C(=O)C(=O)N1CCOCC1. The van der Waals surface area contributed by atoms with Gasteiger partial charge in [0.2, 0.25) is 5.78 Å². The van der Waals surface area contributed by atoms with Crippen molar-refractivity contribution in [2.24, 2.45) is 0 Å². The molecule has 0 atom stereocenters. The zero-order valence-electron chi connectivity index (χ0n) is 11.4. The molecule has 1 aromatic rings. The van der Waals surface area contributed by atoms with Crippen LogP contribution >= 0.6 is 0 Å². The first kappa shape index (κ1) is 16.2. The molecule has 0 aliphatic carbocycles. The van der Waals surface area contributed by atoms with Crippen LogP contribution in [0, 0.1) is 17.5 Å². The number of ketones is 2. The van der Waals surface area contributed by atoms with Crippen molar-refractivity contribution in [3.8, 4) is 0 Å². The van der Waals surface area contributed by atoms with Crippen molar-refractivity contribution in [3.63, 3.8) is 0 Å². The maximum absolute atomic E-state index is 13.4. The molecule has 1 aliphatic rings. The molecule has 5 nitrogen and oxygen atoms in total. The van der Waals surface area contributed by atoms with Crippen LogP contribution in [-0.4, -0.2) is 48.7 Å². The van der Waals surface area contributed by atoms with Crippen LogP contribution in [0.15, 0.2) is 12.1 Å². The molecule has 1 aromatic carbocycles. The monoisotopic (exact) mass is 315 g/mol. The molecular formula is C14H12F3NO4. The molecule has 1 fully saturated rings. The molecule has 1 saturated heterocycles. The molecule has 0 aromatic heterocycles. The summed E-state index contributed by atoms with van der Waals surface area (Å²) in [5, 5.41) is 0.